The van der Waals surface area contributed by atoms with Crippen molar-refractivity contribution in [2.75, 3.05) is 54.1 Å². The zero-order valence-electron chi connectivity index (χ0n) is 23.8. The SMILES string of the molecule is CN1CCN(c2ccc(N=CC3C(=O)Nc4cc(C(=O)c5cccc(NC(=O)Nc6ccccc6)c5)ccc43)cc2)CC1. The number of likely N-dealkylation sites (N-methyl/N-ethyl adjacent to an activating group) is 1. The number of ketones is 1. The van der Waals surface area contributed by atoms with Crippen molar-refractivity contribution in [3.8, 4) is 0 Å². The Hall–Kier alpha value is -5.28. The van der Waals surface area contributed by atoms with E-state index in [0.29, 0.717) is 28.2 Å². The molecule has 2 aliphatic rings. The smallest absolute Gasteiger partial charge is 0.323 e. The van der Waals surface area contributed by atoms with E-state index in [1.165, 1.54) is 5.69 Å². The molecule has 0 saturated carbocycles. The molecule has 0 radical (unpaired) electrons. The van der Waals surface area contributed by atoms with Crippen LogP contribution in [0.2, 0.25) is 0 Å². The molecule has 9 heteroatoms. The number of hydrogen-bond acceptors (Lipinski definition) is 6. The van der Waals surface area contributed by atoms with Gasteiger partial charge in [0.15, 0.2) is 5.78 Å². The van der Waals surface area contributed by atoms with Crippen LogP contribution in [0.1, 0.15) is 27.4 Å². The summed E-state index contributed by atoms with van der Waals surface area (Å²) in [5.41, 5.74) is 5.31. The van der Waals surface area contributed by atoms with Crippen LogP contribution in [0, 0.1) is 0 Å². The van der Waals surface area contributed by atoms with E-state index in [9.17, 15) is 14.4 Å². The normalized spacial score (nSPS) is 16.5. The van der Waals surface area contributed by atoms with Gasteiger partial charge in [0.2, 0.25) is 5.91 Å². The minimum Gasteiger partial charge on any atom is -0.369 e. The summed E-state index contributed by atoms with van der Waals surface area (Å²) >= 11 is 0. The van der Waals surface area contributed by atoms with Gasteiger partial charge in [0.25, 0.3) is 0 Å². The Bertz CT molecular complexity index is 1680. The van der Waals surface area contributed by atoms with E-state index in [4.69, 9.17) is 0 Å². The standard InChI is InChI=1S/C34H32N6O3/c1-39-16-18-40(19-17-39)28-13-11-25(12-14-28)35-22-30-29-15-10-24(21-31(29)38-33(30)42)32(41)23-6-5-9-27(20-23)37-34(43)36-26-7-3-2-4-8-26/h2-15,20-22,30H,16-19H2,1H3,(H,38,42)(H2,36,37,43). The number of carbonyl (C=O) groups is 3. The molecule has 2 aliphatic heterocycles. The van der Waals surface area contributed by atoms with Gasteiger partial charge in [-0.15, -0.1) is 0 Å². The first-order chi connectivity index (χ1) is 20.9. The first-order valence-electron chi connectivity index (χ1n) is 14.2. The highest BCUT2D eigenvalue weighted by Crippen LogP contribution is 2.33. The molecule has 1 fully saturated rings. The van der Waals surface area contributed by atoms with Crippen molar-refractivity contribution in [1.29, 1.82) is 0 Å². The molecule has 4 aromatic rings. The van der Waals surface area contributed by atoms with Gasteiger partial charge in [-0.3, -0.25) is 14.6 Å². The Morgan fingerprint density at radius 1 is 0.814 bits per heavy atom. The van der Waals surface area contributed by atoms with E-state index >= 15 is 0 Å². The quantitative estimate of drug-likeness (QED) is 0.193. The zero-order chi connectivity index (χ0) is 29.8. The predicted octanol–water partition coefficient (Wildman–Crippen LogP) is 5.75. The van der Waals surface area contributed by atoms with Crippen LogP contribution in [0.15, 0.2) is 102 Å². The lowest BCUT2D eigenvalue weighted by molar-refractivity contribution is -0.115. The van der Waals surface area contributed by atoms with Gasteiger partial charge in [-0.05, 0) is 67.2 Å². The zero-order valence-corrected chi connectivity index (χ0v) is 23.8. The maximum atomic E-state index is 13.3. The Labute approximate surface area is 250 Å². The fourth-order valence-corrected chi connectivity index (χ4v) is 5.27. The van der Waals surface area contributed by atoms with E-state index < -0.39 is 11.9 Å². The third-order valence-electron chi connectivity index (χ3n) is 7.70. The Morgan fingerprint density at radius 2 is 1.51 bits per heavy atom. The molecule has 0 bridgehead atoms. The van der Waals surface area contributed by atoms with Crippen molar-refractivity contribution in [1.82, 2.24) is 4.90 Å². The molecule has 0 spiro atoms. The molecule has 9 nitrogen and oxygen atoms in total. The van der Waals surface area contributed by atoms with Crippen LogP contribution in [0.5, 0.6) is 0 Å². The van der Waals surface area contributed by atoms with Gasteiger partial charge in [-0.1, -0.05) is 42.5 Å². The number of nitrogens with zero attached hydrogens (tertiary/aromatic N) is 3. The number of rotatable bonds is 7. The summed E-state index contributed by atoms with van der Waals surface area (Å²) in [6.07, 6.45) is 1.66. The van der Waals surface area contributed by atoms with Gasteiger partial charge >= 0.3 is 6.03 Å². The Morgan fingerprint density at radius 3 is 2.28 bits per heavy atom. The Kier molecular flexibility index (Phi) is 7.97. The largest absolute Gasteiger partial charge is 0.369 e. The van der Waals surface area contributed by atoms with Crippen LogP contribution in [-0.4, -0.2) is 62.1 Å². The number of carbonyl (C=O) groups excluding carboxylic acids is 3. The van der Waals surface area contributed by atoms with Crippen LogP contribution in [0.25, 0.3) is 0 Å². The van der Waals surface area contributed by atoms with Crippen LogP contribution in [0.3, 0.4) is 0 Å². The average Bonchev–Trinajstić information content (AvgIpc) is 3.34. The second-order valence-electron chi connectivity index (χ2n) is 10.7. The van der Waals surface area contributed by atoms with Crippen LogP contribution >= 0.6 is 0 Å². The van der Waals surface area contributed by atoms with Crippen molar-refractivity contribution < 1.29 is 14.4 Å². The van der Waals surface area contributed by atoms with E-state index in [0.717, 1.165) is 37.4 Å². The maximum Gasteiger partial charge on any atom is 0.323 e. The van der Waals surface area contributed by atoms with Gasteiger partial charge in [0.1, 0.15) is 5.92 Å². The average molecular weight is 573 g/mol. The number of anilines is 4. The molecule has 2 heterocycles. The molecule has 0 aromatic heterocycles. The van der Waals surface area contributed by atoms with Crippen molar-refractivity contribution in [2.24, 2.45) is 4.99 Å². The highest BCUT2D eigenvalue weighted by molar-refractivity contribution is 6.15. The summed E-state index contributed by atoms with van der Waals surface area (Å²) in [5.74, 6) is -0.957. The number of hydrogen-bond donors (Lipinski definition) is 3. The summed E-state index contributed by atoms with van der Waals surface area (Å²) in [6, 6.07) is 28.7. The third-order valence-corrected chi connectivity index (χ3v) is 7.70. The van der Waals surface area contributed by atoms with Crippen LogP contribution in [0.4, 0.5) is 33.2 Å². The van der Waals surface area contributed by atoms with Crippen molar-refractivity contribution in [3.05, 3.63) is 114 Å². The molecule has 6 rings (SSSR count). The number of nitrogens with one attached hydrogen (secondary N) is 3. The van der Waals surface area contributed by atoms with Crippen molar-refractivity contribution in [2.45, 2.75) is 5.92 Å². The maximum absolute atomic E-state index is 13.3. The van der Waals surface area contributed by atoms with E-state index in [1.807, 2.05) is 30.3 Å². The molecule has 3 amide bonds. The number of aliphatic imine (C=N–C) groups is 1. The molecule has 43 heavy (non-hydrogen) atoms. The summed E-state index contributed by atoms with van der Waals surface area (Å²) in [5, 5.41) is 8.41. The molecule has 1 atom stereocenters. The van der Waals surface area contributed by atoms with Gasteiger partial charge in [0, 0.05) is 66.3 Å². The molecule has 216 valence electrons. The highest BCUT2D eigenvalue weighted by Gasteiger charge is 2.30. The Balaban J connectivity index is 1.11. The lowest BCUT2D eigenvalue weighted by Crippen LogP contribution is -2.44. The molecule has 3 N–H and O–H groups in total. The fraction of sp³-hybridized carbons (Fsp3) is 0.176. The second kappa shape index (κ2) is 12.3. The lowest BCUT2D eigenvalue weighted by atomic mass is 9.97. The lowest BCUT2D eigenvalue weighted by Gasteiger charge is -2.34. The molecule has 1 unspecified atom stereocenters. The van der Waals surface area contributed by atoms with E-state index in [1.54, 1.807) is 60.8 Å². The first kappa shape index (κ1) is 27.9. The van der Waals surface area contributed by atoms with Gasteiger partial charge < -0.3 is 25.8 Å². The minimum absolute atomic E-state index is 0.187. The summed E-state index contributed by atoms with van der Waals surface area (Å²) in [6.45, 7) is 4.08. The molecule has 1 saturated heterocycles. The molecule has 4 aromatic carbocycles. The number of urea groups is 1. The molecule has 0 aliphatic carbocycles. The van der Waals surface area contributed by atoms with Gasteiger partial charge in [-0.2, -0.15) is 0 Å². The summed E-state index contributed by atoms with van der Waals surface area (Å²) < 4.78 is 0. The molecular weight excluding hydrogens is 540 g/mol. The predicted molar refractivity (Wildman–Crippen MR) is 171 cm³/mol. The van der Waals surface area contributed by atoms with E-state index in [2.05, 4.69) is 49.9 Å². The number of benzene rings is 4. The topological polar surface area (TPSA) is 106 Å². The summed E-state index contributed by atoms with van der Waals surface area (Å²) in [4.78, 5) is 47.8. The minimum atomic E-state index is -0.549. The monoisotopic (exact) mass is 572 g/mol. The first-order valence-corrected chi connectivity index (χ1v) is 14.2. The van der Waals surface area contributed by atoms with Gasteiger partial charge in [0.05, 0.1) is 5.69 Å². The van der Waals surface area contributed by atoms with Crippen LogP contribution < -0.4 is 20.9 Å². The number of fused-ring (bicyclic) bond motifs is 1. The number of piperazine rings is 1. The number of amides is 3. The second-order valence-corrected chi connectivity index (χ2v) is 10.7. The highest BCUT2D eigenvalue weighted by atomic mass is 16.2. The van der Waals surface area contributed by atoms with Crippen LogP contribution in [-0.2, 0) is 4.79 Å². The van der Waals surface area contributed by atoms with Gasteiger partial charge in [-0.25, -0.2) is 4.79 Å². The van der Waals surface area contributed by atoms with Crippen molar-refractivity contribution in [3.63, 3.8) is 0 Å². The third kappa shape index (κ3) is 6.47. The number of para-hydroxylation sites is 1. The van der Waals surface area contributed by atoms with E-state index in [-0.39, 0.29) is 11.7 Å². The summed E-state index contributed by atoms with van der Waals surface area (Å²) in [7, 11) is 2.14. The molecular formula is C34H32N6O3. The van der Waals surface area contributed by atoms with Crippen molar-refractivity contribution >= 4 is 52.4 Å². The fourth-order valence-electron chi connectivity index (χ4n) is 5.27.